The van der Waals surface area contributed by atoms with Crippen LogP contribution in [0.15, 0.2) is 30.3 Å². The van der Waals surface area contributed by atoms with Crippen molar-refractivity contribution in [1.82, 2.24) is 5.32 Å². The van der Waals surface area contributed by atoms with E-state index in [1.807, 2.05) is 37.4 Å². The average Bonchev–Trinajstić information content (AvgIpc) is 2.55. The molecule has 1 atom stereocenters. The lowest BCUT2D eigenvalue weighted by Crippen LogP contribution is -2.47. The second-order valence-corrected chi connectivity index (χ2v) is 5.68. The second kappa shape index (κ2) is 10.8. The van der Waals surface area contributed by atoms with Gasteiger partial charge in [0.1, 0.15) is 0 Å². The molecule has 0 heterocycles. The molecule has 0 aliphatic rings. The van der Waals surface area contributed by atoms with E-state index in [2.05, 4.69) is 12.2 Å². The van der Waals surface area contributed by atoms with Crippen LogP contribution < -0.4 is 5.32 Å². The number of unbranched alkanes of at least 4 members (excludes halogenated alkanes) is 5. The molecule has 21 heavy (non-hydrogen) atoms. The van der Waals surface area contributed by atoms with Crippen molar-refractivity contribution in [2.75, 3.05) is 26.9 Å². The Morgan fingerprint density at radius 2 is 1.71 bits per heavy atom. The predicted molar refractivity (Wildman–Crippen MR) is 88.5 cm³/mol. The molecule has 3 nitrogen and oxygen atoms in total. The average molecular weight is 293 g/mol. The summed E-state index contributed by atoms with van der Waals surface area (Å²) in [6.45, 7) is 3.53. The quantitative estimate of drug-likeness (QED) is 0.580. The standard InChI is InChI=1S/C18H31NO2/c1-3-4-5-6-7-11-14-21-16-18(15-20,19-2)17-12-9-8-10-13-17/h8-10,12-13,19-20H,3-7,11,14-16H2,1-2H3. The number of benzene rings is 1. The summed E-state index contributed by atoms with van der Waals surface area (Å²) in [4.78, 5) is 0. The van der Waals surface area contributed by atoms with Crippen LogP contribution in [0.2, 0.25) is 0 Å². The third kappa shape index (κ3) is 6.16. The zero-order chi connectivity index (χ0) is 15.4. The van der Waals surface area contributed by atoms with Gasteiger partial charge in [-0.1, -0.05) is 69.4 Å². The molecule has 2 N–H and O–H groups in total. The van der Waals surface area contributed by atoms with Crippen LogP contribution in [0.5, 0.6) is 0 Å². The van der Waals surface area contributed by atoms with Crippen LogP contribution in [0.1, 0.15) is 51.0 Å². The maximum atomic E-state index is 9.79. The summed E-state index contributed by atoms with van der Waals surface area (Å²) in [7, 11) is 1.87. The summed E-state index contributed by atoms with van der Waals surface area (Å²) in [6, 6.07) is 10.0. The number of likely N-dealkylation sites (N-methyl/N-ethyl adjacent to an activating group) is 1. The van der Waals surface area contributed by atoms with Crippen molar-refractivity contribution >= 4 is 0 Å². The van der Waals surface area contributed by atoms with Gasteiger partial charge in [-0.3, -0.25) is 0 Å². The number of rotatable bonds is 12. The summed E-state index contributed by atoms with van der Waals surface area (Å²) in [5.74, 6) is 0. The van der Waals surface area contributed by atoms with Gasteiger partial charge in [0.15, 0.2) is 0 Å². The first-order valence-corrected chi connectivity index (χ1v) is 8.22. The Morgan fingerprint density at radius 1 is 1.05 bits per heavy atom. The SMILES string of the molecule is CCCCCCCCOCC(CO)(NC)c1ccccc1. The molecule has 1 aromatic carbocycles. The minimum Gasteiger partial charge on any atom is -0.394 e. The van der Waals surface area contributed by atoms with E-state index < -0.39 is 5.54 Å². The molecule has 0 amide bonds. The first kappa shape index (κ1) is 18.1. The highest BCUT2D eigenvalue weighted by molar-refractivity contribution is 5.24. The lowest BCUT2D eigenvalue weighted by Gasteiger charge is -2.32. The van der Waals surface area contributed by atoms with Crippen molar-refractivity contribution in [1.29, 1.82) is 0 Å². The van der Waals surface area contributed by atoms with Crippen LogP contribution in [-0.4, -0.2) is 32.0 Å². The molecule has 0 saturated carbocycles. The second-order valence-electron chi connectivity index (χ2n) is 5.68. The monoisotopic (exact) mass is 293 g/mol. The molecule has 0 fully saturated rings. The van der Waals surface area contributed by atoms with Gasteiger partial charge in [0.2, 0.25) is 0 Å². The van der Waals surface area contributed by atoms with Gasteiger partial charge in [-0.2, -0.15) is 0 Å². The molecule has 3 heteroatoms. The van der Waals surface area contributed by atoms with Gasteiger partial charge in [0.05, 0.1) is 18.8 Å². The molecule has 0 aliphatic carbocycles. The van der Waals surface area contributed by atoms with Crippen molar-refractivity contribution in [2.45, 2.75) is 51.0 Å². The highest BCUT2D eigenvalue weighted by atomic mass is 16.5. The molecular formula is C18H31NO2. The fraction of sp³-hybridized carbons (Fsp3) is 0.667. The largest absolute Gasteiger partial charge is 0.394 e. The molecule has 120 valence electrons. The van der Waals surface area contributed by atoms with Crippen LogP contribution >= 0.6 is 0 Å². The van der Waals surface area contributed by atoms with E-state index in [1.165, 1.54) is 32.1 Å². The smallest absolute Gasteiger partial charge is 0.0903 e. The Morgan fingerprint density at radius 3 is 2.33 bits per heavy atom. The molecule has 0 saturated heterocycles. The minimum absolute atomic E-state index is 0.0318. The number of aliphatic hydroxyl groups excluding tert-OH is 1. The fourth-order valence-electron chi connectivity index (χ4n) is 2.50. The van der Waals surface area contributed by atoms with Crippen molar-refractivity contribution in [3.8, 4) is 0 Å². The van der Waals surface area contributed by atoms with Crippen LogP contribution in [-0.2, 0) is 10.3 Å². The number of hydrogen-bond donors (Lipinski definition) is 2. The lowest BCUT2D eigenvalue weighted by molar-refractivity contribution is 0.0358. The van der Waals surface area contributed by atoms with Gasteiger partial charge < -0.3 is 15.2 Å². The summed E-state index contributed by atoms with van der Waals surface area (Å²) in [5, 5.41) is 13.0. The van der Waals surface area contributed by atoms with E-state index in [1.54, 1.807) is 0 Å². The van der Waals surface area contributed by atoms with Gasteiger partial charge in [-0.25, -0.2) is 0 Å². The minimum atomic E-state index is -0.497. The summed E-state index contributed by atoms with van der Waals surface area (Å²) in [5.41, 5.74) is 0.571. The van der Waals surface area contributed by atoms with E-state index in [4.69, 9.17) is 4.74 Å². The molecule has 0 bridgehead atoms. The predicted octanol–water partition coefficient (Wildman–Crippen LogP) is 3.47. The fourth-order valence-corrected chi connectivity index (χ4v) is 2.50. The van der Waals surface area contributed by atoms with Gasteiger partial charge in [-0.15, -0.1) is 0 Å². The van der Waals surface area contributed by atoms with E-state index in [9.17, 15) is 5.11 Å². The van der Waals surface area contributed by atoms with Crippen LogP contribution in [0.3, 0.4) is 0 Å². The van der Waals surface area contributed by atoms with Crippen LogP contribution in [0, 0.1) is 0 Å². The van der Waals surface area contributed by atoms with Crippen molar-refractivity contribution in [2.24, 2.45) is 0 Å². The molecule has 0 aromatic heterocycles. The third-order valence-corrected chi connectivity index (χ3v) is 4.07. The summed E-state index contributed by atoms with van der Waals surface area (Å²) >= 11 is 0. The molecular weight excluding hydrogens is 262 g/mol. The highest BCUT2D eigenvalue weighted by Crippen LogP contribution is 2.21. The van der Waals surface area contributed by atoms with Crippen molar-refractivity contribution in [3.05, 3.63) is 35.9 Å². The first-order chi connectivity index (χ1) is 10.3. The lowest BCUT2D eigenvalue weighted by atomic mass is 9.92. The van der Waals surface area contributed by atoms with Gasteiger partial charge in [-0.05, 0) is 19.0 Å². The Hall–Kier alpha value is -0.900. The van der Waals surface area contributed by atoms with Gasteiger partial charge >= 0.3 is 0 Å². The Bertz CT molecular complexity index is 349. The van der Waals surface area contributed by atoms with Crippen molar-refractivity contribution in [3.63, 3.8) is 0 Å². The van der Waals surface area contributed by atoms with Crippen molar-refractivity contribution < 1.29 is 9.84 Å². The third-order valence-electron chi connectivity index (χ3n) is 4.07. The Balaban J connectivity index is 2.32. The number of aliphatic hydroxyl groups is 1. The van der Waals surface area contributed by atoms with E-state index in [0.717, 1.165) is 18.6 Å². The summed E-state index contributed by atoms with van der Waals surface area (Å²) < 4.78 is 5.82. The maximum Gasteiger partial charge on any atom is 0.0903 e. The summed E-state index contributed by atoms with van der Waals surface area (Å²) in [6.07, 6.45) is 7.59. The van der Waals surface area contributed by atoms with Gasteiger partial charge in [0.25, 0.3) is 0 Å². The Kier molecular flexibility index (Phi) is 9.31. The zero-order valence-corrected chi connectivity index (χ0v) is 13.6. The van der Waals surface area contributed by atoms with E-state index in [0.29, 0.717) is 6.61 Å². The normalized spacial score (nSPS) is 14.0. The Labute approximate surface area is 129 Å². The maximum absolute atomic E-state index is 9.79. The number of ether oxygens (including phenoxy) is 1. The van der Waals surface area contributed by atoms with E-state index in [-0.39, 0.29) is 6.61 Å². The molecule has 1 aromatic rings. The molecule has 0 aliphatic heterocycles. The van der Waals surface area contributed by atoms with Crippen LogP contribution in [0.25, 0.3) is 0 Å². The first-order valence-electron chi connectivity index (χ1n) is 8.22. The number of nitrogens with one attached hydrogen (secondary N) is 1. The van der Waals surface area contributed by atoms with Crippen LogP contribution in [0.4, 0.5) is 0 Å². The molecule has 1 rings (SSSR count). The topological polar surface area (TPSA) is 41.5 Å². The highest BCUT2D eigenvalue weighted by Gasteiger charge is 2.29. The van der Waals surface area contributed by atoms with Gasteiger partial charge in [0, 0.05) is 6.61 Å². The zero-order valence-electron chi connectivity index (χ0n) is 13.6. The number of hydrogen-bond acceptors (Lipinski definition) is 3. The molecule has 0 radical (unpaired) electrons. The molecule has 0 spiro atoms. The molecule has 1 unspecified atom stereocenters. The van der Waals surface area contributed by atoms with E-state index >= 15 is 0 Å².